The number of likely N-dealkylation sites (tertiary alicyclic amines) is 1. The van der Waals surface area contributed by atoms with Gasteiger partial charge in [-0.1, -0.05) is 24.3 Å². The van der Waals surface area contributed by atoms with E-state index in [1.54, 1.807) is 18.5 Å². The molecule has 1 fully saturated rings. The molecule has 5 heteroatoms. The maximum atomic E-state index is 13.8. The molecule has 1 aliphatic heterocycles. The number of nitrogens with zero attached hydrogens (tertiary/aromatic N) is 2. The first-order valence-corrected chi connectivity index (χ1v) is 8.35. The number of carbonyl (C=O) groups excluding carboxylic acids is 1. The van der Waals surface area contributed by atoms with Gasteiger partial charge in [0.05, 0.1) is 6.42 Å². The van der Waals surface area contributed by atoms with Crippen LogP contribution < -0.4 is 5.32 Å². The van der Waals surface area contributed by atoms with Crippen LogP contribution in [-0.4, -0.2) is 34.9 Å². The van der Waals surface area contributed by atoms with E-state index in [9.17, 15) is 9.18 Å². The molecule has 2 heterocycles. The summed E-state index contributed by atoms with van der Waals surface area (Å²) in [5, 5.41) is 3.10. The lowest BCUT2D eigenvalue weighted by Crippen LogP contribution is -2.47. The third-order valence-electron chi connectivity index (χ3n) is 4.31. The first kappa shape index (κ1) is 16.6. The number of amides is 1. The van der Waals surface area contributed by atoms with Crippen LogP contribution in [0, 0.1) is 5.82 Å². The Labute approximate surface area is 141 Å². The standard InChI is InChI=1S/C19H22FN3O/c20-18-8-2-1-6-16(18)13-23-10-4-7-17(14-23)22-19(24)11-15-5-3-9-21-12-15/h1-3,5-6,8-9,12,17H,4,7,10-11,13-14H2,(H,22,24)/t17-/m1/s1. The molecule has 0 aliphatic carbocycles. The van der Waals surface area contributed by atoms with E-state index < -0.39 is 0 Å². The highest BCUT2D eigenvalue weighted by Gasteiger charge is 2.22. The fourth-order valence-electron chi connectivity index (χ4n) is 3.15. The van der Waals surface area contributed by atoms with Crippen molar-refractivity contribution < 1.29 is 9.18 Å². The molecular formula is C19H22FN3O. The third-order valence-corrected chi connectivity index (χ3v) is 4.31. The predicted molar refractivity (Wildman–Crippen MR) is 90.8 cm³/mol. The van der Waals surface area contributed by atoms with Crippen LogP contribution in [0.25, 0.3) is 0 Å². The fraction of sp³-hybridized carbons (Fsp3) is 0.368. The van der Waals surface area contributed by atoms with Crippen LogP contribution in [0.15, 0.2) is 48.8 Å². The number of halogens is 1. The Bertz CT molecular complexity index is 677. The van der Waals surface area contributed by atoms with Crippen molar-refractivity contribution in [3.63, 3.8) is 0 Å². The van der Waals surface area contributed by atoms with Gasteiger partial charge in [-0.05, 0) is 37.1 Å². The second kappa shape index (κ2) is 8.02. The molecule has 1 saturated heterocycles. The summed E-state index contributed by atoms with van der Waals surface area (Å²) in [6.07, 6.45) is 5.73. The quantitative estimate of drug-likeness (QED) is 0.918. The highest BCUT2D eigenvalue weighted by atomic mass is 19.1. The summed E-state index contributed by atoms with van der Waals surface area (Å²) in [6, 6.07) is 10.7. The van der Waals surface area contributed by atoms with Gasteiger partial charge in [-0.2, -0.15) is 0 Å². The maximum Gasteiger partial charge on any atom is 0.224 e. The lowest BCUT2D eigenvalue weighted by atomic mass is 10.0. The summed E-state index contributed by atoms with van der Waals surface area (Å²) in [6.45, 7) is 2.28. The minimum atomic E-state index is -0.166. The van der Waals surface area contributed by atoms with E-state index in [0.29, 0.717) is 18.5 Å². The number of nitrogens with one attached hydrogen (secondary N) is 1. The third kappa shape index (κ3) is 4.61. The van der Waals surface area contributed by atoms with Gasteiger partial charge in [-0.15, -0.1) is 0 Å². The molecule has 1 aromatic carbocycles. The monoisotopic (exact) mass is 327 g/mol. The predicted octanol–water partition coefficient (Wildman–Crippen LogP) is 2.54. The van der Waals surface area contributed by atoms with Gasteiger partial charge in [0, 0.05) is 37.1 Å². The normalized spacial score (nSPS) is 18.3. The van der Waals surface area contributed by atoms with Gasteiger partial charge in [0.2, 0.25) is 5.91 Å². The number of piperidine rings is 1. The molecule has 0 unspecified atom stereocenters. The van der Waals surface area contributed by atoms with Gasteiger partial charge in [-0.25, -0.2) is 4.39 Å². The molecule has 3 rings (SSSR count). The number of hydrogen-bond acceptors (Lipinski definition) is 3. The molecule has 1 N–H and O–H groups in total. The summed E-state index contributed by atoms with van der Waals surface area (Å²) in [4.78, 5) is 18.4. The lowest BCUT2D eigenvalue weighted by molar-refractivity contribution is -0.121. The SMILES string of the molecule is O=C(Cc1cccnc1)N[C@@H]1CCCN(Cc2ccccc2F)C1. The molecule has 0 bridgehead atoms. The molecule has 126 valence electrons. The summed E-state index contributed by atoms with van der Waals surface area (Å²) in [5.74, 6) is -0.152. The minimum Gasteiger partial charge on any atom is -0.352 e. The van der Waals surface area contributed by atoms with Gasteiger partial charge in [0.15, 0.2) is 0 Å². The Balaban J connectivity index is 1.52. The number of carbonyl (C=O) groups is 1. The highest BCUT2D eigenvalue weighted by molar-refractivity contribution is 5.78. The van der Waals surface area contributed by atoms with Crippen LogP contribution in [-0.2, 0) is 17.8 Å². The zero-order valence-electron chi connectivity index (χ0n) is 13.6. The zero-order chi connectivity index (χ0) is 16.8. The second-order valence-electron chi connectivity index (χ2n) is 6.27. The van der Waals surface area contributed by atoms with Crippen molar-refractivity contribution in [3.8, 4) is 0 Å². The number of aromatic nitrogens is 1. The smallest absolute Gasteiger partial charge is 0.224 e. The average Bonchev–Trinajstić information content (AvgIpc) is 2.58. The van der Waals surface area contributed by atoms with Crippen LogP contribution in [0.5, 0.6) is 0 Å². The first-order valence-electron chi connectivity index (χ1n) is 8.35. The number of benzene rings is 1. The van der Waals surface area contributed by atoms with E-state index in [4.69, 9.17) is 0 Å². The Hall–Kier alpha value is -2.27. The lowest BCUT2D eigenvalue weighted by Gasteiger charge is -2.33. The Kier molecular flexibility index (Phi) is 5.54. The largest absolute Gasteiger partial charge is 0.352 e. The number of hydrogen-bond donors (Lipinski definition) is 1. The van der Waals surface area contributed by atoms with Gasteiger partial charge in [-0.3, -0.25) is 14.7 Å². The summed E-state index contributed by atoms with van der Waals surface area (Å²) in [7, 11) is 0. The minimum absolute atomic E-state index is 0.0146. The molecule has 0 saturated carbocycles. The van der Waals surface area contributed by atoms with Crippen molar-refractivity contribution in [1.29, 1.82) is 0 Å². The summed E-state index contributed by atoms with van der Waals surface area (Å²) < 4.78 is 13.8. The summed E-state index contributed by atoms with van der Waals surface area (Å²) >= 11 is 0. The Morgan fingerprint density at radius 3 is 2.96 bits per heavy atom. The van der Waals surface area contributed by atoms with E-state index in [0.717, 1.165) is 31.5 Å². The topological polar surface area (TPSA) is 45.2 Å². The average molecular weight is 327 g/mol. The van der Waals surface area contributed by atoms with Crippen molar-refractivity contribution in [3.05, 3.63) is 65.7 Å². The van der Waals surface area contributed by atoms with Crippen LogP contribution in [0.2, 0.25) is 0 Å². The van der Waals surface area contributed by atoms with Crippen LogP contribution in [0.1, 0.15) is 24.0 Å². The molecule has 1 atom stereocenters. The highest BCUT2D eigenvalue weighted by Crippen LogP contribution is 2.16. The van der Waals surface area contributed by atoms with Crippen molar-refractivity contribution in [2.75, 3.05) is 13.1 Å². The van der Waals surface area contributed by atoms with Crippen molar-refractivity contribution in [2.45, 2.75) is 31.8 Å². The van der Waals surface area contributed by atoms with Gasteiger partial charge < -0.3 is 5.32 Å². The fourth-order valence-corrected chi connectivity index (χ4v) is 3.15. The van der Waals surface area contributed by atoms with E-state index in [1.807, 2.05) is 24.3 Å². The van der Waals surface area contributed by atoms with Gasteiger partial charge in [0.1, 0.15) is 5.82 Å². The van der Waals surface area contributed by atoms with Crippen molar-refractivity contribution >= 4 is 5.91 Å². The Morgan fingerprint density at radius 2 is 2.17 bits per heavy atom. The molecule has 1 aromatic heterocycles. The van der Waals surface area contributed by atoms with E-state index in [-0.39, 0.29) is 17.8 Å². The van der Waals surface area contributed by atoms with Crippen molar-refractivity contribution in [1.82, 2.24) is 15.2 Å². The van der Waals surface area contributed by atoms with E-state index in [2.05, 4.69) is 15.2 Å². The van der Waals surface area contributed by atoms with Crippen LogP contribution in [0.3, 0.4) is 0 Å². The molecular weight excluding hydrogens is 305 g/mol. The molecule has 2 aromatic rings. The molecule has 4 nitrogen and oxygen atoms in total. The van der Waals surface area contributed by atoms with Gasteiger partial charge >= 0.3 is 0 Å². The zero-order valence-corrected chi connectivity index (χ0v) is 13.6. The van der Waals surface area contributed by atoms with E-state index >= 15 is 0 Å². The molecule has 1 aliphatic rings. The maximum absolute atomic E-state index is 13.8. The molecule has 24 heavy (non-hydrogen) atoms. The number of rotatable bonds is 5. The number of pyridine rings is 1. The Morgan fingerprint density at radius 1 is 1.29 bits per heavy atom. The van der Waals surface area contributed by atoms with Crippen LogP contribution in [0.4, 0.5) is 4.39 Å². The molecule has 0 radical (unpaired) electrons. The molecule has 0 spiro atoms. The second-order valence-corrected chi connectivity index (χ2v) is 6.27. The summed E-state index contributed by atoms with van der Waals surface area (Å²) in [5.41, 5.74) is 1.62. The molecule has 1 amide bonds. The van der Waals surface area contributed by atoms with Gasteiger partial charge in [0.25, 0.3) is 0 Å². The first-order chi connectivity index (χ1) is 11.7. The van der Waals surface area contributed by atoms with E-state index in [1.165, 1.54) is 6.07 Å². The van der Waals surface area contributed by atoms with Crippen molar-refractivity contribution in [2.24, 2.45) is 0 Å². The van der Waals surface area contributed by atoms with Crippen LogP contribution >= 0.6 is 0 Å².